The van der Waals surface area contributed by atoms with Crippen LogP contribution in [0.3, 0.4) is 0 Å². The molecule has 2 aromatic rings. The number of aromatic carboxylic acids is 1. The Labute approximate surface area is 121 Å². The number of benzene rings is 1. The summed E-state index contributed by atoms with van der Waals surface area (Å²) >= 11 is 0. The van der Waals surface area contributed by atoms with Crippen LogP contribution in [0, 0.1) is 0 Å². The molecule has 0 unspecified atom stereocenters. The van der Waals surface area contributed by atoms with Gasteiger partial charge in [-0.25, -0.2) is 9.48 Å². The number of rotatable bonds is 5. The number of amides is 1. The van der Waals surface area contributed by atoms with Gasteiger partial charge in [-0.2, -0.15) is 0 Å². The molecule has 1 aromatic heterocycles. The Morgan fingerprint density at radius 1 is 1.38 bits per heavy atom. The van der Waals surface area contributed by atoms with E-state index in [2.05, 4.69) is 29.5 Å². The van der Waals surface area contributed by atoms with E-state index in [4.69, 9.17) is 5.11 Å². The smallest absolute Gasteiger partial charge is 0.358 e. The highest BCUT2D eigenvalue weighted by atomic mass is 16.4. The molecule has 1 aromatic carbocycles. The fourth-order valence-corrected chi connectivity index (χ4v) is 1.80. The van der Waals surface area contributed by atoms with Gasteiger partial charge in [-0.1, -0.05) is 31.2 Å². The maximum atomic E-state index is 11.9. The highest BCUT2D eigenvalue weighted by Crippen LogP contribution is 2.18. The standard InChI is InChI=1S/C14H16N4O3/c1-9(2)10-4-3-5-11(6-10)15-13(19)8-18-7-12(14(20)21)16-17-18/h3-7,9H,8H2,1-2H3,(H,15,19)(H,20,21). The summed E-state index contributed by atoms with van der Waals surface area (Å²) in [6.07, 6.45) is 1.21. The number of carbonyl (C=O) groups excluding carboxylic acids is 1. The molecular weight excluding hydrogens is 272 g/mol. The lowest BCUT2D eigenvalue weighted by Gasteiger charge is -2.09. The summed E-state index contributed by atoms with van der Waals surface area (Å²) in [4.78, 5) is 22.6. The predicted octanol–water partition coefficient (Wildman–Crippen LogP) is 1.74. The first-order valence-electron chi connectivity index (χ1n) is 6.49. The van der Waals surface area contributed by atoms with Gasteiger partial charge in [0, 0.05) is 5.69 Å². The second kappa shape index (κ2) is 6.17. The Bertz CT molecular complexity index is 664. The van der Waals surface area contributed by atoms with Crippen molar-refractivity contribution in [2.24, 2.45) is 0 Å². The van der Waals surface area contributed by atoms with Crippen molar-refractivity contribution in [2.45, 2.75) is 26.3 Å². The van der Waals surface area contributed by atoms with Crippen LogP contribution in [-0.2, 0) is 11.3 Å². The number of anilines is 1. The zero-order valence-electron chi connectivity index (χ0n) is 11.8. The normalized spacial score (nSPS) is 10.6. The van der Waals surface area contributed by atoms with E-state index in [0.29, 0.717) is 11.6 Å². The summed E-state index contributed by atoms with van der Waals surface area (Å²) in [5.74, 6) is -1.10. The number of hydrogen-bond acceptors (Lipinski definition) is 4. The zero-order valence-corrected chi connectivity index (χ0v) is 11.8. The molecule has 0 atom stereocenters. The van der Waals surface area contributed by atoms with E-state index in [1.54, 1.807) is 6.07 Å². The van der Waals surface area contributed by atoms with E-state index in [1.165, 1.54) is 10.9 Å². The molecule has 0 aliphatic carbocycles. The van der Waals surface area contributed by atoms with E-state index in [1.807, 2.05) is 18.2 Å². The molecule has 0 spiro atoms. The van der Waals surface area contributed by atoms with E-state index >= 15 is 0 Å². The average molecular weight is 288 g/mol. The minimum atomic E-state index is -1.17. The Hall–Kier alpha value is -2.70. The SMILES string of the molecule is CC(C)c1cccc(NC(=O)Cn2cc(C(=O)O)nn2)c1. The third-order valence-corrected chi connectivity index (χ3v) is 2.90. The van der Waals surface area contributed by atoms with Crippen molar-refractivity contribution in [3.05, 3.63) is 41.7 Å². The summed E-state index contributed by atoms with van der Waals surface area (Å²) in [5.41, 5.74) is 1.64. The number of carboxylic acids is 1. The van der Waals surface area contributed by atoms with E-state index in [9.17, 15) is 9.59 Å². The summed E-state index contributed by atoms with van der Waals surface area (Å²) in [6.45, 7) is 4.06. The van der Waals surface area contributed by atoms with Crippen LogP contribution in [0.25, 0.3) is 0 Å². The topological polar surface area (TPSA) is 97.1 Å². The highest BCUT2D eigenvalue weighted by Gasteiger charge is 2.11. The van der Waals surface area contributed by atoms with Gasteiger partial charge in [0.05, 0.1) is 6.20 Å². The van der Waals surface area contributed by atoms with Crippen LogP contribution < -0.4 is 5.32 Å². The van der Waals surface area contributed by atoms with Gasteiger partial charge in [0.2, 0.25) is 5.91 Å². The molecule has 0 aliphatic rings. The van der Waals surface area contributed by atoms with Crippen molar-refractivity contribution in [1.82, 2.24) is 15.0 Å². The molecule has 0 aliphatic heterocycles. The van der Waals surface area contributed by atoms with Crippen LogP contribution in [0.4, 0.5) is 5.69 Å². The molecule has 21 heavy (non-hydrogen) atoms. The van der Waals surface area contributed by atoms with Crippen LogP contribution in [0.5, 0.6) is 0 Å². The zero-order chi connectivity index (χ0) is 15.4. The largest absolute Gasteiger partial charge is 0.476 e. The molecule has 0 saturated carbocycles. The molecule has 0 fully saturated rings. The Balaban J connectivity index is 2.01. The molecule has 2 rings (SSSR count). The van der Waals surface area contributed by atoms with Crippen molar-refractivity contribution in [2.75, 3.05) is 5.32 Å². The molecule has 1 heterocycles. The maximum absolute atomic E-state index is 11.9. The maximum Gasteiger partial charge on any atom is 0.358 e. The monoisotopic (exact) mass is 288 g/mol. The van der Waals surface area contributed by atoms with Crippen molar-refractivity contribution >= 4 is 17.6 Å². The lowest BCUT2D eigenvalue weighted by atomic mass is 10.0. The lowest BCUT2D eigenvalue weighted by Crippen LogP contribution is -2.19. The minimum absolute atomic E-state index is 0.0911. The first-order valence-corrected chi connectivity index (χ1v) is 6.49. The minimum Gasteiger partial charge on any atom is -0.476 e. The van der Waals surface area contributed by atoms with Crippen molar-refractivity contribution in [3.63, 3.8) is 0 Å². The number of hydrogen-bond donors (Lipinski definition) is 2. The molecule has 0 radical (unpaired) electrons. The molecule has 110 valence electrons. The fourth-order valence-electron chi connectivity index (χ4n) is 1.80. The van der Waals surface area contributed by atoms with Gasteiger partial charge in [-0.05, 0) is 23.6 Å². The van der Waals surface area contributed by atoms with Crippen LogP contribution in [0.15, 0.2) is 30.5 Å². The Morgan fingerprint density at radius 3 is 2.76 bits per heavy atom. The van der Waals surface area contributed by atoms with Gasteiger partial charge in [0.15, 0.2) is 5.69 Å². The van der Waals surface area contributed by atoms with E-state index < -0.39 is 5.97 Å². The van der Waals surface area contributed by atoms with Gasteiger partial charge >= 0.3 is 5.97 Å². The third kappa shape index (κ3) is 3.88. The second-order valence-electron chi connectivity index (χ2n) is 4.93. The molecule has 0 bridgehead atoms. The quantitative estimate of drug-likeness (QED) is 0.873. The van der Waals surface area contributed by atoms with Crippen molar-refractivity contribution < 1.29 is 14.7 Å². The average Bonchev–Trinajstić information content (AvgIpc) is 2.87. The van der Waals surface area contributed by atoms with Crippen molar-refractivity contribution in [3.8, 4) is 0 Å². The lowest BCUT2D eigenvalue weighted by molar-refractivity contribution is -0.116. The summed E-state index contributed by atoms with van der Waals surface area (Å²) in [5, 5.41) is 18.5. The van der Waals surface area contributed by atoms with Gasteiger partial charge in [-0.3, -0.25) is 4.79 Å². The number of carbonyl (C=O) groups is 2. The van der Waals surface area contributed by atoms with Crippen LogP contribution in [0.1, 0.15) is 35.8 Å². The Morgan fingerprint density at radius 2 is 2.14 bits per heavy atom. The van der Waals surface area contributed by atoms with Crippen molar-refractivity contribution in [1.29, 1.82) is 0 Å². The highest BCUT2D eigenvalue weighted by molar-refractivity contribution is 5.90. The second-order valence-corrected chi connectivity index (χ2v) is 4.93. The van der Waals surface area contributed by atoms with E-state index in [0.717, 1.165) is 5.56 Å². The van der Waals surface area contributed by atoms with Gasteiger partial charge < -0.3 is 10.4 Å². The number of nitrogens with one attached hydrogen (secondary N) is 1. The molecule has 2 N–H and O–H groups in total. The summed E-state index contributed by atoms with van der Waals surface area (Å²) < 4.78 is 1.19. The molecule has 7 nitrogen and oxygen atoms in total. The molecule has 7 heteroatoms. The number of aromatic nitrogens is 3. The first-order chi connectivity index (χ1) is 9.95. The predicted molar refractivity (Wildman–Crippen MR) is 76.1 cm³/mol. The Kier molecular flexibility index (Phi) is 4.32. The van der Waals surface area contributed by atoms with Crippen LogP contribution in [-0.4, -0.2) is 32.0 Å². The summed E-state index contributed by atoms with van der Waals surface area (Å²) in [6, 6.07) is 7.58. The van der Waals surface area contributed by atoms with Gasteiger partial charge in [0.25, 0.3) is 0 Å². The molecule has 0 saturated heterocycles. The third-order valence-electron chi connectivity index (χ3n) is 2.90. The van der Waals surface area contributed by atoms with Crippen LogP contribution in [0.2, 0.25) is 0 Å². The number of nitrogens with zero attached hydrogens (tertiary/aromatic N) is 3. The molecule has 1 amide bonds. The van der Waals surface area contributed by atoms with Gasteiger partial charge in [-0.15, -0.1) is 5.10 Å². The number of carboxylic acid groups (broad SMARTS) is 1. The van der Waals surface area contributed by atoms with Gasteiger partial charge in [0.1, 0.15) is 6.54 Å². The first kappa shape index (κ1) is 14.7. The summed E-state index contributed by atoms with van der Waals surface area (Å²) in [7, 11) is 0. The van der Waals surface area contributed by atoms with Crippen LogP contribution >= 0.6 is 0 Å². The fraction of sp³-hybridized carbons (Fsp3) is 0.286. The molecular formula is C14H16N4O3. The van der Waals surface area contributed by atoms with E-state index in [-0.39, 0.29) is 18.1 Å².